The molecule has 0 saturated carbocycles. The molecule has 0 N–H and O–H groups in total. The summed E-state index contributed by atoms with van der Waals surface area (Å²) in [4.78, 5) is 2.36. The Kier molecular flexibility index (Phi) is 5.10. The molecule has 1 aromatic carbocycles. The molecule has 0 spiro atoms. The van der Waals surface area contributed by atoms with E-state index in [0.29, 0.717) is 5.75 Å². The minimum absolute atomic E-state index is 0.203. The fraction of sp³-hybridized carbons (Fsp3) is 0.647. The van der Waals surface area contributed by atoms with Crippen molar-refractivity contribution < 1.29 is 8.42 Å². The largest absolute Gasteiger partial charge is 0.299 e. The maximum Gasteiger partial charge on any atom is 0.156 e. The Morgan fingerprint density at radius 3 is 2.24 bits per heavy atom. The Bertz CT molecular complexity index is 543. The van der Waals surface area contributed by atoms with Crippen molar-refractivity contribution in [2.45, 2.75) is 44.9 Å². The van der Waals surface area contributed by atoms with Crippen LogP contribution in [-0.4, -0.2) is 36.9 Å². The highest BCUT2D eigenvalue weighted by Gasteiger charge is 2.41. The van der Waals surface area contributed by atoms with Gasteiger partial charge in [0.2, 0.25) is 0 Å². The van der Waals surface area contributed by atoms with Gasteiger partial charge in [0.25, 0.3) is 0 Å². The molecule has 0 aromatic heterocycles. The Morgan fingerprint density at radius 2 is 1.71 bits per heavy atom. The maximum atomic E-state index is 12.6. The lowest BCUT2D eigenvalue weighted by atomic mass is 9.97. The zero-order valence-electron chi connectivity index (χ0n) is 13.4. The summed E-state index contributed by atoms with van der Waals surface area (Å²) in [6.07, 6.45) is 1.49. The van der Waals surface area contributed by atoms with Gasteiger partial charge in [-0.3, -0.25) is 4.90 Å². The number of piperidine rings is 1. The summed E-state index contributed by atoms with van der Waals surface area (Å²) in [6.45, 7) is 8.54. The average Bonchev–Trinajstić information content (AvgIpc) is 2.41. The number of hydrogen-bond acceptors (Lipinski definition) is 3. The van der Waals surface area contributed by atoms with Gasteiger partial charge in [-0.2, -0.15) is 0 Å². The monoisotopic (exact) mass is 309 g/mol. The van der Waals surface area contributed by atoms with E-state index in [1.807, 2.05) is 26.8 Å². The molecule has 1 aliphatic rings. The minimum Gasteiger partial charge on any atom is -0.299 e. The number of benzene rings is 1. The van der Waals surface area contributed by atoms with Gasteiger partial charge in [-0.15, -0.1) is 0 Å². The topological polar surface area (TPSA) is 37.4 Å². The number of sulfone groups is 1. The van der Waals surface area contributed by atoms with Crippen LogP contribution in [0.15, 0.2) is 30.3 Å². The Morgan fingerprint density at radius 1 is 1.14 bits per heavy atom. The van der Waals surface area contributed by atoms with Crippen molar-refractivity contribution in [3.63, 3.8) is 0 Å². The highest BCUT2D eigenvalue weighted by Crippen LogP contribution is 2.32. The van der Waals surface area contributed by atoms with Crippen LogP contribution in [0.1, 0.15) is 39.2 Å². The zero-order valence-corrected chi connectivity index (χ0v) is 14.2. The molecule has 2 rings (SSSR count). The smallest absolute Gasteiger partial charge is 0.156 e. The van der Waals surface area contributed by atoms with Crippen LogP contribution in [0.4, 0.5) is 0 Å². The Labute approximate surface area is 129 Å². The zero-order chi connectivity index (χ0) is 15.5. The lowest BCUT2D eigenvalue weighted by molar-refractivity contribution is 0.194. The van der Waals surface area contributed by atoms with Crippen molar-refractivity contribution in [3.8, 4) is 0 Å². The van der Waals surface area contributed by atoms with Crippen LogP contribution >= 0.6 is 0 Å². The van der Waals surface area contributed by atoms with Gasteiger partial charge < -0.3 is 0 Å². The number of likely N-dealkylation sites (tertiary alicyclic amines) is 1. The molecule has 1 aliphatic heterocycles. The van der Waals surface area contributed by atoms with Crippen molar-refractivity contribution in [1.29, 1.82) is 0 Å². The maximum absolute atomic E-state index is 12.6. The third-order valence-corrected chi connectivity index (χ3v) is 7.48. The molecule has 1 aromatic rings. The number of hydrogen-bond donors (Lipinski definition) is 0. The van der Waals surface area contributed by atoms with Gasteiger partial charge in [0.15, 0.2) is 9.84 Å². The molecule has 1 fully saturated rings. The molecule has 4 heteroatoms. The van der Waals surface area contributed by atoms with Gasteiger partial charge in [-0.1, -0.05) is 44.2 Å². The molecule has 0 amide bonds. The summed E-state index contributed by atoms with van der Waals surface area (Å²) in [6, 6.07) is 10.4. The fourth-order valence-electron chi connectivity index (χ4n) is 2.98. The van der Waals surface area contributed by atoms with Crippen LogP contribution in [-0.2, 0) is 16.4 Å². The molecular formula is C17H27NO2S. The third kappa shape index (κ3) is 4.07. The van der Waals surface area contributed by atoms with Gasteiger partial charge in [0.05, 0.1) is 10.5 Å². The highest BCUT2D eigenvalue weighted by molar-refractivity contribution is 7.92. The van der Waals surface area contributed by atoms with E-state index in [4.69, 9.17) is 0 Å². The van der Waals surface area contributed by atoms with E-state index in [1.54, 1.807) is 0 Å². The molecule has 0 unspecified atom stereocenters. The first-order valence-electron chi connectivity index (χ1n) is 7.81. The first-order valence-corrected chi connectivity index (χ1v) is 9.46. The summed E-state index contributed by atoms with van der Waals surface area (Å²) in [7, 11) is -3.01. The van der Waals surface area contributed by atoms with E-state index in [9.17, 15) is 8.42 Å². The van der Waals surface area contributed by atoms with Gasteiger partial charge in [-0.05, 0) is 44.3 Å². The van der Waals surface area contributed by atoms with E-state index in [0.717, 1.165) is 32.5 Å². The van der Waals surface area contributed by atoms with Crippen molar-refractivity contribution in [1.82, 2.24) is 4.90 Å². The first kappa shape index (κ1) is 16.5. The molecule has 1 heterocycles. The van der Waals surface area contributed by atoms with Crippen LogP contribution in [0.25, 0.3) is 0 Å². The molecule has 0 radical (unpaired) electrons. The van der Waals surface area contributed by atoms with Crippen LogP contribution in [0.5, 0.6) is 0 Å². The molecule has 0 atom stereocenters. The van der Waals surface area contributed by atoms with E-state index in [1.165, 1.54) is 5.56 Å². The van der Waals surface area contributed by atoms with Crippen molar-refractivity contribution in [2.75, 3.05) is 18.8 Å². The summed E-state index contributed by atoms with van der Waals surface area (Å²) in [5.74, 6) is 0.511. The van der Waals surface area contributed by atoms with Crippen molar-refractivity contribution in [3.05, 3.63) is 35.9 Å². The highest BCUT2D eigenvalue weighted by atomic mass is 32.2. The second kappa shape index (κ2) is 6.49. The van der Waals surface area contributed by atoms with Crippen LogP contribution in [0.3, 0.4) is 0 Å². The van der Waals surface area contributed by atoms with Gasteiger partial charge in [0, 0.05) is 6.54 Å². The van der Waals surface area contributed by atoms with Gasteiger partial charge in [0.1, 0.15) is 0 Å². The van der Waals surface area contributed by atoms with Gasteiger partial charge in [-0.25, -0.2) is 8.42 Å². The summed E-state index contributed by atoms with van der Waals surface area (Å²) in [5.41, 5.74) is 1.30. The lowest BCUT2D eigenvalue weighted by Gasteiger charge is -2.39. The SMILES string of the molecule is CC(C)CS(=O)(=O)C1(C)CCN(Cc2ccccc2)CC1. The molecule has 1 saturated heterocycles. The summed E-state index contributed by atoms with van der Waals surface area (Å²) < 4.78 is 24.6. The lowest BCUT2D eigenvalue weighted by Crippen LogP contribution is -2.48. The third-order valence-electron chi connectivity index (χ3n) is 4.47. The average molecular weight is 309 g/mol. The summed E-state index contributed by atoms with van der Waals surface area (Å²) in [5, 5.41) is 0. The van der Waals surface area contributed by atoms with Crippen LogP contribution < -0.4 is 0 Å². The number of nitrogens with zero attached hydrogens (tertiary/aromatic N) is 1. The van der Waals surface area contributed by atoms with E-state index >= 15 is 0 Å². The van der Waals surface area contributed by atoms with E-state index < -0.39 is 14.6 Å². The van der Waals surface area contributed by atoms with Crippen molar-refractivity contribution in [2.24, 2.45) is 5.92 Å². The molecule has 3 nitrogen and oxygen atoms in total. The predicted molar refractivity (Wildman–Crippen MR) is 88.0 cm³/mol. The Balaban J connectivity index is 1.96. The number of rotatable bonds is 5. The fourth-order valence-corrected chi connectivity index (χ4v) is 5.06. The Hall–Kier alpha value is -0.870. The summed E-state index contributed by atoms with van der Waals surface area (Å²) >= 11 is 0. The second-order valence-electron chi connectivity index (χ2n) is 6.89. The molecule has 21 heavy (non-hydrogen) atoms. The minimum atomic E-state index is -3.01. The van der Waals surface area contributed by atoms with Crippen LogP contribution in [0.2, 0.25) is 0 Å². The molecule has 0 bridgehead atoms. The quantitative estimate of drug-likeness (QED) is 0.838. The standard InChI is InChI=1S/C17H27NO2S/c1-15(2)14-21(19,20)17(3)9-11-18(12-10-17)13-16-7-5-4-6-8-16/h4-8,15H,9-14H2,1-3H3. The van der Waals surface area contributed by atoms with Crippen molar-refractivity contribution >= 4 is 9.84 Å². The van der Waals surface area contributed by atoms with E-state index in [2.05, 4.69) is 29.2 Å². The van der Waals surface area contributed by atoms with Crippen LogP contribution in [0, 0.1) is 5.92 Å². The molecular weight excluding hydrogens is 282 g/mol. The molecule has 118 valence electrons. The molecule has 0 aliphatic carbocycles. The second-order valence-corrected chi connectivity index (χ2v) is 9.44. The first-order chi connectivity index (χ1) is 9.82. The van der Waals surface area contributed by atoms with E-state index in [-0.39, 0.29) is 5.92 Å². The normalized spacial score (nSPS) is 19.8. The predicted octanol–water partition coefficient (Wildman–Crippen LogP) is 3.11. The van der Waals surface area contributed by atoms with Gasteiger partial charge >= 0.3 is 0 Å².